The number of carboxylic acids is 3. The molecule has 0 bridgehead atoms. The molecule has 0 aliphatic rings. The van der Waals surface area contributed by atoms with Crippen molar-refractivity contribution in [2.45, 2.75) is 18.4 Å². The molecule has 2 atom stereocenters. The molecule has 1 N–H and O–H groups in total. The van der Waals surface area contributed by atoms with E-state index in [1.807, 2.05) is 0 Å². The summed E-state index contributed by atoms with van der Waals surface area (Å²) in [6.45, 7) is 0. The summed E-state index contributed by atoms with van der Waals surface area (Å²) >= 11 is 0. The van der Waals surface area contributed by atoms with Crippen LogP contribution < -0.4 is 163 Å². The summed E-state index contributed by atoms with van der Waals surface area (Å²) in [5, 5.41) is 38.9. The first-order chi connectivity index (χ1) is 8.42. The molecule has 0 aromatic rings. The van der Waals surface area contributed by atoms with Crippen LogP contribution in [0.15, 0.2) is 0 Å². The van der Waals surface area contributed by atoms with Crippen LogP contribution in [0.25, 0.3) is 0 Å². The Morgan fingerprint density at radius 1 is 0.760 bits per heavy atom. The second-order valence-corrected chi connectivity index (χ2v) is 5.27. The zero-order valence-electron chi connectivity index (χ0n) is 13.8. The molecule has 0 saturated carbocycles. The normalized spacial score (nSPS) is 10.4. The Morgan fingerprint density at radius 2 is 0.960 bits per heavy atom. The summed E-state index contributed by atoms with van der Waals surface area (Å²) < 4.78 is 36.3. The second-order valence-electron chi connectivity index (χ2n) is 2.82. The Labute approximate surface area is 280 Å². The Hall–Kier alpha value is 4.59. The average Bonchev–Trinajstić information content (AvgIpc) is 2.14. The molecule has 0 aliphatic heterocycles. The van der Waals surface area contributed by atoms with Gasteiger partial charge in [-0.05, 0) is 0 Å². The van der Waals surface area contributed by atoms with Crippen molar-refractivity contribution in [3.05, 3.63) is 0 Å². The zero-order chi connectivity index (χ0) is 15.8. The summed E-state index contributed by atoms with van der Waals surface area (Å²) in [5.74, 6) is -5.98. The van der Waals surface area contributed by atoms with Crippen LogP contribution in [-0.2, 0) is 34.6 Å². The SMILES string of the molecule is O=C([O-])CC(O)(CC(=O)[O-])C(=O)[O-].O=S([O-])S(=O)[O-].[Na+].[Na+].[Na+].[Na+].[Na+].[NaH]. The fourth-order valence-electron chi connectivity index (χ4n) is 0.684. The molecular weight excluding hydrogens is 450 g/mol. The van der Waals surface area contributed by atoms with Gasteiger partial charge in [0, 0.05) is 45.0 Å². The van der Waals surface area contributed by atoms with Crippen molar-refractivity contribution in [2.24, 2.45) is 0 Å². The van der Waals surface area contributed by atoms with Gasteiger partial charge in [-0.15, -0.1) is 0 Å². The summed E-state index contributed by atoms with van der Waals surface area (Å²) in [6.07, 6.45) is -2.72. The monoisotopic (exact) mass is 456 g/mol. The minimum absolute atomic E-state index is 0. The molecule has 0 aliphatic carbocycles. The van der Waals surface area contributed by atoms with Crippen molar-refractivity contribution in [1.29, 1.82) is 0 Å². The number of rotatable bonds is 6. The van der Waals surface area contributed by atoms with E-state index >= 15 is 0 Å². The van der Waals surface area contributed by atoms with Gasteiger partial charge >= 0.3 is 177 Å². The summed E-state index contributed by atoms with van der Waals surface area (Å²) in [7, 11) is -5.90. The summed E-state index contributed by atoms with van der Waals surface area (Å²) in [6, 6.07) is 0. The van der Waals surface area contributed by atoms with Gasteiger partial charge in [0.1, 0.15) is 5.60 Å². The van der Waals surface area contributed by atoms with Gasteiger partial charge < -0.3 is 43.9 Å². The van der Waals surface area contributed by atoms with Gasteiger partial charge in [0.25, 0.3) is 0 Å². The summed E-state index contributed by atoms with van der Waals surface area (Å²) in [5.41, 5.74) is -2.97. The average molecular weight is 456 g/mol. The number of aliphatic hydroxyl groups is 1. The number of carboxylic acid groups (broad SMARTS) is 3. The van der Waals surface area contributed by atoms with E-state index in [0.717, 1.165) is 0 Å². The molecule has 25 heavy (non-hydrogen) atoms. The zero-order valence-corrected chi connectivity index (χ0v) is 25.4. The van der Waals surface area contributed by atoms with Gasteiger partial charge in [-0.25, -0.2) is 0 Å². The van der Waals surface area contributed by atoms with Gasteiger partial charge in [0.15, 0.2) is 0 Å². The Kier molecular flexibility index (Phi) is 59.3. The molecule has 114 valence electrons. The van der Waals surface area contributed by atoms with Crippen LogP contribution in [0.2, 0.25) is 0 Å². The molecule has 0 radical (unpaired) electrons. The maximum atomic E-state index is 10.1. The van der Waals surface area contributed by atoms with E-state index in [2.05, 4.69) is 0 Å². The van der Waals surface area contributed by atoms with Crippen LogP contribution in [0.5, 0.6) is 0 Å². The fourth-order valence-corrected chi connectivity index (χ4v) is 0.684. The number of hydrogen-bond acceptors (Lipinski definition) is 11. The molecule has 0 heterocycles. The van der Waals surface area contributed by atoms with E-state index in [-0.39, 0.29) is 177 Å². The van der Waals surface area contributed by atoms with E-state index in [4.69, 9.17) is 22.6 Å². The van der Waals surface area contributed by atoms with Crippen molar-refractivity contribution in [3.8, 4) is 0 Å². The van der Waals surface area contributed by atoms with Gasteiger partial charge in [-0.1, -0.05) is 0 Å². The minimum atomic E-state index is -2.97. The number of aliphatic carboxylic acids is 3. The van der Waals surface area contributed by atoms with Crippen molar-refractivity contribution in [2.75, 3.05) is 0 Å². The third-order valence-corrected chi connectivity index (χ3v) is 2.25. The van der Waals surface area contributed by atoms with E-state index in [0.29, 0.717) is 0 Å². The molecule has 0 aromatic heterocycles. The molecule has 0 aromatic carbocycles. The number of carbonyl (C=O) groups is 3. The van der Waals surface area contributed by atoms with E-state index in [1.165, 1.54) is 0 Å². The molecular formula is C6H6Na6O11S2. The standard InChI is InChI=1S/C6H8O7.6Na.H2O4S2.H/c7-3(8)1-6(13,5(11)12)2-4(9)10;;;;;;;1-5(2)6(3)4;/h13H,1-2H2,(H,7,8)(H,9,10)(H,11,12);;;;;;;(H,1,2)(H,3,4);/q;;5*+1;;/p-5. The molecule has 0 saturated heterocycles. The quantitative estimate of drug-likeness (QED) is 0.224. The molecule has 0 spiro atoms. The van der Waals surface area contributed by atoms with Crippen molar-refractivity contribution >= 4 is 67.7 Å². The predicted molar refractivity (Wildman–Crippen MR) is 54.2 cm³/mol. The van der Waals surface area contributed by atoms with Gasteiger partial charge in [-0.3, -0.25) is 8.42 Å². The van der Waals surface area contributed by atoms with Crippen LogP contribution in [0.1, 0.15) is 12.8 Å². The number of hydrogen-bond donors (Lipinski definition) is 1. The second kappa shape index (κ2) is 28.6. The first-order valence-corrected chi connectivity index (χ1v) is 6.61. The van der Waals surface area contributed by atoms with Gasteiger partial charge in [-0.2, -0.15) is 0 Å². The molecule has 19 heteroatoms. The molecule has 2 unspecified atom stereocenters. The molecule has 0 amide bonds. The fraction of sp³-hybridized carbons (Fsp3) is 0.500. The Morgan fingerprint density at radius 3 is 1.04 bits per heavy atom. The van der Waals surface area contributed by atoms with E-state index in [1.54, 1.807) is 0 Å². The molecule has 0 rings (SSSR count). The summed E-state index contributed by atoms with van der Waals surface area (Å²) in [4.78, 5) is 30.0. The Bertz CT molecular complexity index is 394. The number of carbonyl (C=O) groups excluding carboxylic acids is 3. The van der Waals surface area contributed by atoms with Crippen LogP contribution >= 0.6 is 0 Å². The maximum absolute atomic E-state index is 10.1. The first kappa shape index (κ1) is 51.9. The van der Waals surface area contributed by atoms with E-state index in [9.17, 15) is 29.7 Å². The third-order valence-electron chi connectivity index (χ3n) is 1.36. The Balaban J connectivity index is -0.0000000358. The van der Waals surface area contributed by atoms with Crippen LogP contribution in [-0.4, -0.2) is 75.7 Å². The van der Waals surface area contributed by atoms with Crippen molar-refractivity contribution in [3.63, 3.8) is 0 Å². The first-order valence-electron chi connectivity index (χ1n) is 3.95. The van der Waals surface area contributed by atoms with E-state index < -0.39 is 56.6 Å². The van der Waals surface area contributed by atoms with Crippen molar-refractivity contribution in [1.82, 2.24) is 0 Å². The third kappa shape index (κ3) is 33.4. The van der Waals surface area contributed by atoms with Crippen LogP contribution in [0.4, 0.5) is 0 Å². The van der Waals surface area contributed by atoms with Crippen molar-refractivity contribution < 1.29 is 200 Å². The topological polar surface area (TPSA) is 221 Å². The molecule has 11 nitrogen and oxygen atoms in total. The molecule has 0 fully saturated rings. The van der Waals surface area contributed by atoms with Crippen LogP contribution in [0.3, 0.4) is 0 Å². The predicted octanol–water partition coefficient (Wildman–Crippen LogP) is -22.2. The van der Waals surface area contributed by atoms with Crippen LogP contribution in [0, 0.1) is 0 Å². The van der Waals surface area contributed by atoms with Gasteiger partial charge in [0.2, 0.25) is 0 Å². The van der Waals surface area contributed by atoms with Gasteiger partial charge in [0.05, 0.1) is 5.97 Å².